The highest BCUT2D eigenvalue weighted by atomic mass is 32.2. The molecule has 2 amide bonds. The first kappa shape index (κ1) is 50.3. The van der Waals surface area contributed by atoms with Crippen molar-refractivity contribution in [3.05, 3.63) is 12.7 Å². The summed E-state index contributed by atoms with van der Waals surface area (Å²) in [5.74, 6) is -0.138. The summed E-state index contributed by atoms with van der Waals surface area (Å²) in [4.78, 5) is 99.2. The number of aliphatic hydroxyl groups is 2. The third kappa shape index (κ3) is 16.1. The average molecular weight is 944 g/mol. The van der Waals surface area contributed by atoms with E-state index in [4.69, 9.17) is 19.5 Å². The van der Waals surface area contributed by atoms with Crippen molar-refractivity contribution in [1.29, 1.82) is 0 Å². The maximum absolute atomic E-state index is 12.7. The number of imidazole rings is 1. The van der Waals surface area contributed by atoms with E-state index in [-0.39, 0.29) is 58.9 Å². The van der Waals surface area contributed by atoms with E-state index in [1.807, 2.05) is 0 Å². The van der Waals surface area contributed by atoms with Crippen LogP contribution in [0.3, 0.4) is 0 Å². The fourth-order valence-corrected chi connectivity index (χ4v) is 9.47. The minimum absolute atomic E-state index is 0.0232. The lowest BCUT2D eigenvalue weighted by Crippen LogP contribution is -2.46. The van der Waals surface area contributed by atoms with Gasteiger partial charge < -0.3 is 50.9 Å². The lowest BCUT2D eigenvalue weighted by molar-refractivity contribution is -0.137. The van der Waals surface area contributed by atoms with Gasteiger partial charge in [0.1, 0.15) is 36.3 Å². The smallest absolute Gasteiger partial charge is 0.386 e. The summed E-state index contributed by atoms with van der Waals surface area (Å²) in [7, 11) is -16.4. The van der Waals surface area contributed by atoms with Crippen LogP contribution in [0.2, 0.25) is 0 Å². The molecule has 0 aliphatic carbocycles. The zero-order chi connectivity index (χ0) is 43.5. The summed E-state index contributed by atoms with van der Waals surface area (Å²) in [5, 5.41) is 25.7. The average Bonchev–Trinajstić information content (AvgIpc) is 3.68. The molecule has 328 valence electrons. The van der Waals surface area contributed by atoms with Crippen LogP contribution in [0.25, 0.3) is 11.2 Å². The molecule has 3 heterocycles. The summed E-state index contributed by atoms with van der Waals surface area (Å²) >= 11 is 6.00. The van der Waals surface area contributed by atoms with Crippen LogP contribution in [-0.4, -0.2) is 139 Å². The van der Waals surface area contributed by atoms with E-state index in [9.17, 15) is 62.7 Å². The molecule has 1 fully saturated rings. The summed E-state index contributed by atoms with van der Waals surface area (Å²) < 4.78 is 62.1. The molecule has 10 N–H and O–H groups in total. The van der Waals surface area contributed by atoms with Crippen LogP contribution in [0.5, 0.6) is 0 Å². The lowest BCUT2D eigenvalue weighted by Gasteiger charge is -2.30. The largest absolute Gasteiger partial charge is 0.481 e. The highest BCUT2D eigenvalue weighted by molar-refractivity contribution is 8.15. The van der Waals surface area contributed by atoms with Crippen molar-refractivity contribution >= 4 is 98.6 Å². The molecule has 2 unspecified atom stereocenters. The summed E-state index contributed by atoms with van der Waals surface area (Å²) in [6, 6.07) is 0. The number of nitrogens with zero attached hydrogens (tertiary/aromatic N) is 4. The number of amides is 2. The molecular formula is C27H44N7O18P3S3. The number of anilines is 1. The Balaban J connectivity index is 1.45. The number of aromatic nitrogens is 4. The number of nitrogens with two attached hydrogens (primary N) is 1. The van der Waals surface area contributed by atoms with Crippen molar-refractivity contribution in [1.82, 2.24) is 30.2 Å². The number of fused-ring (bicyclic) bond motifs is 1. The van der Waals surface area contributed by atoms with Crippen molar-refractivity contribution in [2.75, 3.05) is 49.3 Å². The minimum Gasteiger partial charge on any atom is -0.386 e. The van der Waals surface area contributed by atoms with E-state index in [1.165, 1.54) is 13.8 Å². The normalized spacial score (nSPS) is 21.3. The molecule has 58 heavy (non-hydrogen) atoms. The highest BCUT2D eigenvalue weighted by Gasteiger charge is 2.50. The topological polar surface area (TPSA) is 381 Å². The van der Waals surface area contributed by atoms with Gasteiger partial charge in [0.15, 0.2) is 27.9 Å². The molecule has 7 atom stereocenters. The number of hydrogen-bond acceptors (Lipinski definition) is 21. The van der Waals surface area contributed by atoms with Gasteiger partial charge in [0, 0.05) is 36.4 Å². The second kappa shape index (κ2) is 22.1. The molecule has 2 aromatic rings. The lowest BCUT2D eigenvalue weighted by atomic mass is 9.87. The van der Waals surface area contributed by atoms with Crippen molar-refractivity contribution in [2.24, 2.45) is 5.41 Å². The molecule has 1 aliphatic rings. The van der Waals surface area contributed by atoms with E-state index in [1.54, 1.807) is 0 Å². The molecule has 0 aromatic carbocycles. The van der Waals surface area contributed by atoms with Crippen LogP contribution in [0.4, 0.5) is 5.82 Å². The Bertz CT molecular complexity index is 1910. The number of ether oxygens (including phenoxy) is 1. The van der Waals surface area contributed by atoms with Crippen LogP contribution in [0, 0.1) is 5.41 Å². The maximum Gasteiger partial charge on any atom is 0.481 e. The molecule has 1 aliphatic heterocycles. The van der Waals surface area contributed by atoms with Crippen LogP contribution in [0.15, 0.2) is 12.7 Å². The number of thioether (sulfide) groups is 2. The summed E-state index contributed by atoms with van der Waals surface area (Å²) in [5.41, 5.74) is 4.22. The quantitative estimate of drug-likeness (QED) is 0.0278. The number of nitrogen functional groups attached to an aromatic ring is 1. The SMILES string of the molecule is CC(C)(COP(=O)(O)OP(=O)(O)OC[C@H]1O[C@@H](n2cnc3c(N)ncnc32)[C@H](O)[C@@H]1OP(=O)(O)O)[C@@H](O)C(=O)NCCC(=O)NCCSC(=O)CC(=O)SCCCS. The Morgan fingerprint density at radius 1 is 1.02 bits per heavy atom. The van der Waals surface area contributed by atoms with Crippen molar-refractivity contribution in [3.63, 3.8) is 0 Å². The number of carbonyl (C=O) groups excluding carboxylic acids is 4. The van der Waals surface area contributed by atoms with Gasteiger partial charge in [-0.15, -0.1) is 0 Å². The van der Waals surface area contributed by atoms with Gasteiger partial charge in [0.25, 0.3) is 0 Å². The number of aliphatic hydroxyl groups excluding tert-OH is 2. The Morgan fingerprint density at radius 3 is 2.33 bits per heavy atom. The van der Waals surface area contributed by atoms with Crippen molar-refractivity contribution in [2.45, 2.75) is 63.8 Å². The van der Waals surface area contributed by atoms with E-state index in [0.717, 1.165) is 47.2 Å². The second-order valence-electron chi connectivity index (χ2n) is 12.8. The zero-order valence-corrected chi connectivity index (χ0v) is 35.9. The fraction of sp³-hybridized carbons (Fsp3) is 0.667. The van der Waals surface area contributed by atoms with E-state index < -0.39 is 84.6 Å². The number of thiol groups is 1. The number of nitrogens with one attached hydrogen (secondary N) is 2. The van der Waals surface area contributed by atoms with Gasteiger partial charge in [-0.25, -0.2) is 28.6 Å². The monoisotopic (exact) mass is 943 g/mol. The number of carbonyl (C=O) groups is 4. The summed E-state index contributed by atoms with van der Waals surface area (Å²) in [6.07, 6.45) is -6.55. The van der Waals surface area contributed by atoms with Gasteiger partial charge in [0.05, 0.1) is 26.0 Å². The summed E-state index contributed by atoms with van der Waals surface area (Å²) in [6.45, 7) is 0.283. The maximum atomic E-state index is 12.7. The van der Waals surface area contributed by atoms with Gasteiger partial charge in [-0.3, -0.25) is 37.3 Å². The predicted molar refractivity (Wildman–Crippen MR) is 208 cm³/mol. The first-order valence-corrected chi connectivity index (χ1v) is 23.9. The van der Waals surface area contributed by atoms with Gasteiger partial charge in [0.2, 0.25) is 11.8 Å². The van der Waals surface area contributed by atoms with E-state index >= 15 is 0 Å². The predicted octanol–water partition coefficient (Wildman–Crippen LogP) is -0.365. The second-order valence-corrected chi connectivity index (χ2v) is 19.8. The molecule has 25 nitrogen and oxygen atoms in total. The Hall–Kier alpha value is -2.07. The first-order valence-electron chi connectivity index (χ1n) is 16.8. The number of rotatable bonds is 24. The first-order chi connectivity index (χ1) is 26.9. The molecule has 31 heteroatoms. The standard InChI is InChI=1S/C27H44N7O18P3S3/c1-27(2,22(39)25(40)30-5-4-16(35)29-6-9-58-18(37)10-17(36)57-8-3-7-56)12-49-55(46,47)52-54(44,45)48-11-15-21(51-53(41,42)43)20(38)26(50-15)34-14-33-19-23(28)31-13-32-24(19)34/h13-15,20-22,26,38-39,56H,3-12H2,1-2H3,(H,29,35)(H,30,40)(H,44,45)(H,46,47)(H2,28,31,32)(H2,41,42,43)/t15-,20-,21-,22+,26-/m1/s1. The van der Waals surface area contributed by atoms with Gasteiger partial charge in [-0.05, 0) is 12.2 Å². The molecule has 1 saturated heterocycles. The minimum atomic E-state index is -5.58. The third-order valence-electron chi connectivity index (χ3n) is 7.62. The van der Waals surface area contributed by atoms with Crippen LogP contribution >= 0.6 is 59.6 Å². The molecule has 0 saturated carbocycles. The van der Waals surface area contributed by atoms with Crippen molar-refractivity contribution < 1.29 is 85.3 Å². The molecule has 2 aromatic heterocycles. The van der Waals surface area contributed by atoms with Crippen LogP contribution in [-0.2, 0) is 55.5 Å². The molecule has 3 rings (SSSR count). The number of phosphoric acid groups is 3. The Kier molecular flexibility index (Phi) is 19.2. The van der Waals surface area contributed by atoms with Gasteiger partial charge >= 0.3 is 23.5 Å². The Labute approximate surface area is 344 Å². The van der Waals surface area contributed by atoms with Gasteiger partial charge in [-0.1, -0.05) is 37.4 Å². The van der Waals surface area contributed by atoms with E-state index in [2.05, 4.69) is 47.0 Å². The van der Waals surface area contributed by atoms with Gasteiger partial charge in [-0.2, -0.15) is 16.9 Å². The molecule has 0 bridgehead atoms. The number of phosphoric ester groups is 3. The molecule has 0 radical (unpaired) electrons. The Morgan fingerprint density at radius 2 is 1.67 bits per heavy atom. The third-order valence-corrected chi connectivity index (χ3v) is 12.9. The number of hydrogen-bond donors (Lipinski definition) is 10. The highest BCUT2D eigenvalue weighted by Crippen LogP contribution is 2.61. The van der Waals surface area contributed by atoms with Crippen LogP contribution < -0.4 is 16.4 Å². The molecule has 0 spiro atoms. The van der Waals surface area contributed by atoms with Crippen LogP contribution in [0.1, 0.15) is 39.3 Å². The molecular weight excluding hydrogens is 899 g/mol. The van der Waals surface area contributed by atoms with E-state index in [0.29, 0.717) is 11.5 Å². The van der Waals surface area contributed by atoms with Crippen molar-refractivity contribution in [3.8, 4) is 0 Å². The fourth-order valence-electron chi connectivity index (χ4n) is 4.77. The zero-order valence-electron chi connectivity index (χ0n) is 30.7.